The first-order valence-electron chi connectivity index (χ1n) is 14.0. The van der Waals surface area contributed by atoms with Crippen LogP contribution in [0.5, 0.6) is 0 Å². The van der Waals surface area contributed by atoms with E-state index in [4.69, 9.17) is 4.74 Å². The third kappa shape index (κ3) is 8.46. The van der Waals surface area contributed by atoms with Crippen molar-refractivity contribution in [3.63, 3.8) is 0 Å². The fraction of sp³-hybridized carbons (Fsp3) is 0.852. The summed E-state index contributed by atoms with van der Waals surface area (Å²) in [6.45, 7) is 8.01. The molecule has 2 heterocycles. The molecule has 9 nitrogen and oxygen atoms in total. The van der Waals surface area contributed by atoms with Gasteiger partial charge in [-0.05, 0) is 44.4 Å². The number of nitrogens with zero attached hydrogens (tertiary/aromatic N) is 2. The second kappa shape index (κ2) is 14.0. The molecule has 36 heavy (non-hydrogen) atoms. The molecule has 4 amide bonds. The Morgan fingerprint density at radius 2 is 1.72 bits per heavy atom. The number of hydrogen-bond donors (Lipinski definition) is 2. The van der Waals surface area contributed by atoms with Crippen LogP contribution >= 0.6 is 0 Å². The van der Waals surface area contributed by atoms with Crippen molar-refractivity contribution >= 4 is 23.6 Å². The van der Waals surface area contributed by atoms with Crippen LogP contribution in [0, 0.1) is 11.8 Å². The number of urea groups is 1. The summed E-state index contributed by atoms with van der Waals surface area (Å²) in [6.07, 6.45) is 9.07. The highest BCUT2D eigenvalue weighted by Gasteiger charge is 2.35. The first kappa shape index (κ1) is 28.4. The zero-order chi connectivity index (χ0) is 26.1. The van der Waals surface area contributed by atoms with Crippen molar-refractivity contribution in [1.29, 1.82) is 0 Å². The minimum Gasteiger partial charge on any atom is -0.378 e. The molecule has 3 atom stereocenters. The molecule has 204 valence electrons. The van der Waals surface area contributed by atoms with E-state index < -0.39 is 12.1 Å². The second-order valence-electron chi connectivity index (χ2n) is 11.3. The van der Waals surface area contributed by atoms with E-state index in [0.29, 0.717) is 57.9 Å². The molecular weight excluding hydrogens is 460 g/mol. The zero-order valence-corrected chi connectivity index (χ0v) is 22.4. The Kier molecular flexibility index (Phi) is 11.0. The number of hydrogen-bond acceptors (Lipinski definition) is 5. The fourth-order valence-corrected chi connectivity index (χ4v) is 5.56. The molecule has 1 saturated carbocycles. The van der Waals surface area contributed by atoms with Crippen LogP contribution in [0.3, 0.4) is 0 Å². The molecule has 0 unspecified atom stereocenters. The smallest absolute Gasteiger partial charge is 0.320 e. The van der Waals surface area contributed by atoms with Crippen molar-refractivity contribution in [2.24, 2.45) is 11.8 Å². The van der Waals surface area contributed by atoms with E-state index in [1.807, 2.05) is 20.8 Å². The summed E-state index contributed by atoms with van der Waals surface area (Å²) in [6, 6.07) is -1.56. The molecule has 0 aromatic rings. The number of ether oxygens (including phenoxy) is 1. The predicted molar refractivity (Wildman–Crippen MR) is 137 cm³/mol. The number of ketones is 1. The Bertz CT molecular complexity index is 761. The molecule has 2 aliphatic heterocycles. The lowest BCUT2D eigenvalue weighted by Crippen LogP contribution is -2.54. The summed E-state index contributed by atoms with van der Waals surface area (Å²) >= 11 is 0. The molecule has 9 heteroatoms. The molecule has 0 aromatic carbocycles. The average molecular weight is 507 g/mol. The summed E-state index contributed by atoms with van der Waals surface area (Å²) in [5.41, 5.74) is 0. The van der Waals surface area contributed by atoms with Crippen LogP contribution in [0.15, 0.2) is 0 Å². The number of Topliss-reactive ketones (excluding diaryl/α,β-unsaturated/α-hetero) is 1. The average Bonchev–Trinajstić information content (AvgIpc) is 3.01. The van der Waals surface area contributed by atoms with Gasteiger partial charge in [-0.3, -0.25) is 14.4 Å². The predicted octanol–water partition coefficient (Wildman–Crippen LogP) is 2.87. The number of amides is 4. The molecule has 0 spiro atoms. The van der Waals surface area contributed by atoms with Crippen LogP contribution in [0.2, 0.25) is 0 Å². The van der Waals surface area contributed by atoms with Crippen LogP contribution in [-0.4, -0.2) is 84.4 Å². The SMILES string of the molecule is CC(C)C[C@H](NC(=O)CCC1CCCCC1)C(=O)N[C@H]1CC[C@@H](C)N(C(=O)N2CCOCC2)CC1=O. The largest absolute Gasteiger partial charge is 0.378 e. The van der Waals surface area contributed by atoms with E-state index in [9.17, 15) is 19.2 Å². The van der Waals surface area contributed by atoms with Gasteiger partial charge in [0.25, 0.3) is 0 Å². The molecule has 0 aromatic heterocycles. The third-order valence-corrected chi connectivity index (χ3v) is 7.83. The quantitative estimate of drug-likeness (QED) is 0.526. The van der Waals surface area contributed by atoms with Crippen LogP contribution in [0.4, 0.5) is 4.79 Å². The van der Waals surface area contributed by atoms with E-state index in [0.717, 1.165) is 6.42 Å². The van der Waals surface area contributed by atoms with Crippen molar-refractivity contribution in [3.05, 3.63) is 0 Å². The Balaban J connectivity index is 1.55. The van der Waals surface area contributed by atoms with Crippen LogP contribution in [0.1, 0.15) is 85.0 Å². The molecule has 1 aliphatic carbocycles. The lowest BCUT2D eigenvalue weighted by Gasteiger charge is -2.34. The van der Waals surface area contributed by atoms with Gasteiger partial charge < -0.3 is 25.2 Å². The lowest BCUT2D eigenvalue weighted by molar-refractivity contribution is -0.132. The number of rotatable bonds is 8. The summed E-state index contributed by atoms with van der Waals surface area (Å²) in [4.78, 5) is 55.4. The Hall–Kier alpha value is -2.16. The van der Waals surface area contributed by atoms with E-state index in [1.165, 1.54) is 32.1 Å². The van der Waals surface area contributed by atoms with Gasteiger partial charge >= 0.3 is 6.03 Å². The molecule has 3 rings (SSSR count). The van der Waals surface area contributed by atoms with Gasteiger partial charge in [0, 0.05) is 25.6 Å². The molecule has 2 saturated heterocycles. The summed E-state index contributed by atoms with van der Waals surface area (Å²) in [5.74, 6) is 0.251. The minimum absolute atomic E-state index is 0.0229. The maximum atomic E-state index is 13.2. The first-order chi connectivity index (χ1) is 17.2. The van der Waals surface area contributed by atoms with Crippen molar-refractivity contribution in [1.82, 2.24) is 20.4 Å². The van der Waals surface area contributed by atoms with Crippen molar-refractivity contribution in [2.45, 2.75) is 103 Å². The van der Waals surface area contributed by atoms with Gasteiger partial charge in [0.05, 0.1) is 25.8 Å². The third-order valence-electron chi connectivity index (χ3n) is 7.83. The van der Waals surface area contributed by atoms with Gasteiger partial charge in [0.2, 0.25) is 11.8 Å². The van der Waals surface area contributed by atoms with Crippen LogP contribution in [0.25, 0.3) is 0 Å². The number of nitrogens with one attached hydrogen (secondary N) is 2. The molecule has 2 N–H and O–H groups in total. The van der Waals surface area contributed by atoms with E-state index >= 15 is 0 Å². The number of likely N-dealkylation sites (tertiary alicyclic amines) is 1. The molecule has 0 radical (unpaired) electrons. The van der Waals surface area contributed by atoms with E-state index in [1.54, 1.807) is 9.80 Å². The number of carbonyl (C=O) groups is 4. The summed E-state index contributed by atoms with van der Waals surface area (Å²) < 4.78 is 5.34. The molecule has 3 fully saturated rings. The molecule has 0 bridgehead atoms. The lowest BCUT2D eigenvalue weighted by atomic mass is 9.86. The Morgan fingerprint density at radius 3 is 2.39 bits per heavy atom. The monoisotopic (exact) mass is 506 g/mol. The van der Waals surface area contributed by atoms with Crippen LogP contribution < -0.4 is 10.6 Å². The zero-order valence-electron chi connectivity index (χ0n) is 22.4. The highest BCUT2D eigenvalue weighted by molar-refractivity contribution is 5.95. The topological polar surface area (TPSA) is 108 Å². The molecule has 3 aliphatic rings. The van der Waals surface area contributed by atoms with Gasteiger partial charge in [-0.15, -0.1) is 0 Å². The highest BCUT2D eigenvalue weighted by atomic mass is 16.5. The standard InChI is InChI=1S/C27H46N4O5/c1-19(2)17-23(28-25(33)12-10-21-7-5-4-6-8-21)26(34)29-22-11-9-20(3)31(18-24(22)32)27(35)30-13-15-36-16-14-30/h19-23H,4-18H2,1-3H3,(H,28,33)(H,29,34)/t20-,22+,23+/m1/s1. The summed E-state index contributed by atoms with van der Waals surface area (Å²) in [5, 5.41) is 5.85. The Labute approximate surface area is 216 Å². The van der Waals surface area contributed by atoms with Gasteiger partial charge in [-0.2, -0.15) is 0 Å². The maximum Gasteiger partial charge on any atom is 0.320 e. The summed E-state index contributed by atoms with van der Waals surface area (Å²) in [7, 11) is 0. The van der Waals surface area contributed by atoms with Crippen molar-refractivity contribution in [3.8, 4) is 0 Å². The van der Waals surface area contributed by atoms with Crippen LogP contribution in [-0.2, 0) is 19.1 Å². The normalized spacial score (nSPS) is 24.8. The Morgan fingerprint density at radius 1 is 1.03 bits per heavy atom. The van der Waals surface area contributed by atoms with Crippen molar-refractivity contribution < 1.29 is 23.9 Å². The van der Waals surface area contributed by atoms with Gasteiger partial charge in [-0.25, -0.2) is 4.79 Å². The van der Waals surface area contributed by atoms with E-state index in [-0.39, 0.29) is 42.1 Å². The number of morpholine rings is 1. The maximum absolute atomic E-state index is 13.2. The fourth-order valence-electron chi connectivity index (χ4n) is 5.56. The van der Waals surface area contributed by atoms with Gasteiger partial charge in [-0.1, -0.05) is 46.0 Å². The van der Waals surface area contributed by atoms with E-state index in [2.05, 4.69) is 10.6 Å². The van der Waals surface area contributed by atoms with Gasteiger partial charge in [0.1, 0.15) is 6.04 Å². The highest BCUT2D eigenvalue weighted by Crippen LogP contribution is 2.27. The minimum atomic E-state index is -0.664. The van der Waals surface area contributed by atoms with Gasteiger partial charge in [0.15, 0.2) is 5.78 Å². The number of carbonyl (C=O) groups excluding carboxylic acids is 4. The molecular formula is C27H46N4O5. The second-order valence-corrected chi connectivity index (χ2v) is 11.3. The van der Waals surface area contributed by atoms with Crippen molar-refractivity contribution in [2.75, 3.05) is 32.8 Å². The first-order valence-corrected chi connectivity index (χ1v) is 14.0.